The molecule has 1 N–H and O–H groups in total. The highest BCUT2D eigenvalue weighted by Gasteiger charge is 2.14. The third-order valence-electron chi connectivity index (χ3n) is 2.62. The van der Waals surface area contributed by atoms with Gasteiger partial charge in [0.2, 0.25) is 0 Å². The summed E-state index contributed by atoms with van der Waals surface area (Å²) in [7, 11) is 1.85. The fourth-order valence-electron chi connectivity index (χ4n) is 1.65. The van der Waals surface area contributed by atoms with Crippen molar-refractivity contribution in [3.8, 4) is 0 Å². The summed E-state index contributed by atoms with van der Waals surface area (Å²) in [6, 6.07) is 3.96. The van der Waals surface area contributed by atoms with Crippen molar-refractivity contribution in [1.82, 2.24) is 9.55 Å². The van der Waals surface area contributed by atoms with Crippen molar-refractivity contribution in [2.24, 2.45) is 7.05 Å². The van der Waals surface area contributed by atoms with Gasteiger partial charge in [-0.1, -0.05) is 17.7 Å². The van der Waals surface area contributed by atoms with Gasteiger partial charge >= 0.3 is 0 Å². The first kappa shape index (κ1) is 12.1. The molecule has 1 aromatic heterocycles. The summed E-state index contributed by atoms with van der Waals surface area (Å²) < 4.78 is 14.7. The molecule has 3 nitrogen and oxygen atoms in total. The van der Waals surface area contributed by atoms with E-state index in [0.29, 0.717) is 12.0 Å². The first-order chi connectivity index (χ1) is 8.08. The summed E-state index contributed by atoms with van der Waals surface area (Å²) in [5.41, 5.74) is 0.510. The predicted octanol–water partition coefficient (Wildman–Crippen LogP) is 2.49. The molecule has 5 heteroatoms. The van der Waals surface area contributed by atoms with Gasteiger partial charge < -0.3 is 9.67 Å². The Balaban J connectivity index is 2.20. The van der Waals surface area contributed by atoms with E-state index in [0.717, 1.165) is 5.82 Å². The topological polar surface area (TPSA) is 38.0 Å². The number of nitrogens with zero attached hydrogens (tertiary/aromatic N) is 2. The lowest BCUT2D eigenvalue weighted by molar-refractivity contribution is 0.175. The Kier molecular flexibility index (Phi) is 3.45. The van der Waals surface area contributed by atoms with Crippen LogP contribution in [0.25, 0.3) is 0 Å². The minimum absolute atomic E-state index is 0.228. The molecular weight excluding hydrogens is 243 g/mol. The van der Waals surface area contributed by atoms with Crippen LogP contribution >= 0.6 is 11.6 Å². The molecule has 0 saturated heterocycles. The molecule has 17 heavy (non-hydrogen) atoms. The van der Waals surface area contributed by atoms with Crippen molar-refractivity contribution in [2.45, 2.75) is 12.5 Å². The zero-order chi connectivity index (χ0) is 12.4. The molecule has 0 saturated carbocycles. The van der Waals surface area contributed by atoms with Crippen LogP contribution in [0.2, 0.25) is 5.02 Å². The molecule has 0 amide bonds. The van der Waals surface area contributed by atoms with Crippen LogP contribution < -0.4 is 0 Å². The monoisotopic (exact) mass is 254 g/mol. The van der Waals surface area contributed by atoms with Crippen molar-refractivity contribution in [2.75, 3.05) is 0 Å². The molecule has 2 aromatic rings. The van der Waals surface area contributed by atoms with E-state index in [1.54, 1.807) is 12.4 Å². The van der Waals surface area contributed by atoms with E-state index in [2.05, 4.69) is 4.98 Å². The van der Waals surface area contributed by atoms with Crippen LogP contribution in [0.15, 0.2) is 30.6 Å². The smallest absolute Gasteiger partial charge is 0.124 e. The number of rotatable bonds is 3. The van der Waals surface area contributed by atoms with E-state index < -0.39 is 11.9 Å². The lowest BCUT2D eigenvalue weighted by atomic mass is 10.1. The predicted molar refractivity (Wildman–Crippen MR) is 63.3 cm³/mol. The average molecular weight is 255 g/mol. The average Bonchev–Trinajstić information content (AvgIpc) is 2.64. The third-order valence-corrected chi connectivity index (χ3v) is 2.95. The summed E-state index contributed by atoms with van der Waals surface area (Å²) in [4.78, 5) is 4.11. The quantitative estimate of drug-likeness (QED) is 0.914. The Morgan fingerprint density at radius 2 is 2.29 bits per heavy atom. The molecule has 1 unspecified atom stereocenters. The van der Waals surface area contributed by atoms with E-state index in [9.17, 15) is 9.50 Å². The highest BCUT2D eigenvalue weighted by Crippen LogP contribution is 2.25. The molecular formula is C12H12ClFN2O. The minimum Gasteiger partial charge on any atom is -0.388 e. The number of hydrogen-bond acceptors (Lipinski definition) is 2. The lowest BCUT2D eigenvalue weighted by Crippen LogP contribution is -2.07. The maximum atomic E-state index is 12.9. The summed E-state index contributed by atoms with van der Waals surface area (Å²) in [6.07, 6.45) is 3.02. The zero-order valence-corrected chi connectivity index (χ0v) is 10.0. The van der Waals surface area contributed by atoms with Crippen LogP contribution in [0.1, 0.15) is 17.5 Å². The number of benzene rings is 1. The van der Waals surface area contributed by atoms with Crippen LogP contribution in [0.4, 0.5) is 4.39 Å². The lowest BCUT2D eigenvalue weighted by Gasteiger charge is -2.12. The van der Waals surface area contributed by atoms with Gasteiger partial charge in [-0.3, -0.25) is 0 Å². The van der Waals surface area contributed by atoms with Gasteiger partial charge in [-0.25, -0.2) is 9.37 Å². The number of aromatic nitrogens is 2. The maximum absolute atomic E-state index is 12.9. The highest BCUT2D eigenvalue weighted by molar-refractivity contribution is 6.31. The summed E-state index contributed by atoms with van der Waals surface area (Å²) in [6.45, 7) is 0. The van der Waals surface area contributed by atoms with Crippen LogP contribution in [0.3, 0.4) is 0 Å². The molecule has 0 aliphatic heterocycles. The fraction of sp³-hybridized carbons (Fsp3) is 0.250. The van der Waals surface area contributed by atoms with E-state index in [-0.39, 0.29) is 5.02 Å². The molecule has 0 aliphatic carbocycles. The van der Waals surface area contributed by atoms with Gasteiger partial charge in [-0.05, 0) is 17.7 Å². The van der Waals surface area contributed by atoms with Crippen molar-refractivity contribution in [1.29, 1.82) is 0 Å². The molecule has 0 fully saturated rings. The number of aliphatic hydroxyl groups excluding tert-OH is 1. The number of halogens is 2. The van der Waals surface area contributed by atoms with Crippen LogP contribution in [-0.2, 0) is 13.5 Å². The van der Waals surface area contributed by atoms with Gasteiger partial charge in [-0.15, -0.1) is 0 Å². The standard InChI is InChI=1S/C12H12ClFN2O/c1-16-5-4-15-12(16)7-11(17)9-3-2-8(14)6-10(9)13/h2-6,11,17H,7H2,1H3. The van der Waals surface area contributed by atoms with Crippen LogP contribution in [0.5, 0.6) is 0 Å². The number of aliphatic hydroxyl groups is 1. The second-order valence-electron chi connectivity index (χ2n) is 3.84. The van der Waals surface area contributed by atoms with Crippen LogP contribution in [-0.4, -0.2) is 14.7 Å². The molecule has 1 aromatic carbocycles. The van der Waals surface area contributed by atoms with Gasteiger partial charge in [-0.2, -0.15) is 0 Å². The van der Waals surface area contributed by atoms with Crippen molar-refractivity contribution in [3.63, 3.8) is 0 Å². The third kappa shape index (κ3) is 2.65. The Labute approximate surface area is 103 Å². The molecule has 0 aliphatic rings. The van der Waals surface area contributed by atoms with Crippen LogP contribution in [0, 0.1) is 5.82 Å². The molecule has 1 heterocycles. The second-order valence-corrected chi connectivity index (χ2v) is 4.25. The SMILES string of the molecule is Cn1ccnc1CC(O)c1ccc(F)cc1Cl. The van der Waals surface area contributed by atoms with Gasteiger partial charge in [0.25, 0.3) is 0 Å². The minimum atomic E-state index is -0.788. The van der Waals surface area contributed by atoms with Gasteiger partial charge in [0.15, 0.2) is 0 Å². The summed E-state index contributed by atoms with van der Waals surface area (Å²) in [5.74, 6) is 0.334. The number of aryl methyl sites for hydroxylation is 1. The number of imidazole rings is 1. The Bertz CT molecular complexity index is 527. The van der Waals surface area contributed by atoms with Gasteiger partial charge in [0, 0.05) is 30.9 Å². The molecule has 0 radical (unpaired) electrons. The fourth-order valence-corrected chi connectivity index (χ4v) is 1.94. The van der Waals surface area contributed by atoms with E-state index >= 15 is 0 Å². The summed E-state index contributed by atoms with van der Waals surface area (Å²) >= 11 is 5.88. The van der Waals surface area contributed by atoms with E-state index in [1.807, 2.05) is 11.6 Å². The molecule has 1 atom stereocenters. The Hall–Kier alpha value is -1.39. The van der Waals surface area contributed by atoms with Crippen molar-refractivity contribution >= 4 is 11.6 Å². The largest absolute Gasteiger partial charge is 0.388 e. The first-order valence-electron chi connectivity index (χ1n) is 5.17. The summed E-state index contributed by atoms with van der Waals surface area (Å²) in [5, 5.41) is 10.3. The Morgan fingerprint density at radius 1 is 1.53 bits per heavy atom. The molecule has 2 rings (SSSR count). The number of hydrogen-bond donors (Lipinski definition) is 1. The Morgan fingerprint density at radius 3 is 2.88 bits per heavy atom. The normalized spacial score (nSPS) is 12.7. The van der Waals surface area contributed by atoms with Gasteiger partial charge in [0.05, 0.1) is 6.10 Å². The maximum Gasteiger partial charge on any atom is 0.124 e. The zero-order valence-electron chi connectivity index (χ0n) is 9.27. The van der Waals surface area contributed by atoms with Gasteiger partial charge in [0.1, 0.15) is 11.6 Å². The highest BCUT2D eigenvalue weighted by atomic mass is 35.5. The second kappa shape index (κ2) is 4.85. The van der Waals surface area contributed by atoms with Crippen molar-refractivity contribution < 1.29 is 9.50 Å². The molecule has 0 bridgehead atoms. The molecule has 0 spiro atoms. The molecule has 90 valence electrons. The van der Waals surface area contributed by atoms with E-state index in [4.69, 9.17) is 11.6 Å². The van der Waals surface area contributed by atoms with E-state index in [1.165, 1.54) is 18.2 Å². The first-order valence-corrected chi connectivity index (χ1v) is 5.55. The van der Waals surface area contributed by atoms with Crippen molar-refractivity contribution in [3.05, 3.63) is 52.8 Å².